The number of amides is 1. The van der Waals surface area contributed by atoms with Gasteiger partial charge in [-0.05, 0) is 50.5 Å². The van der Waals surface area contributed by atoms with Crippen molar-refractivity contribution in [3.05, 3.63) is 33.8 Å². The van der Waals surface area contributed by atoms with Gasteiger partial charge >= 0.3 is 0 Å². The second-order valence-electron chi connectivity index (χ2n) is 6.44. The molecule has 3 rings (SSSR count). The highest BCUT2D eigenvalue weighted by molar-refractivity contribution is 7.15. The number of aromatic nitrogens is 2. The van der Waals surface area contributed by atoms with Crippen LogP contribution in [0, 0.1) is 12.8 Å². The van der Waals surface area contributed by atoms with Gasteiger partial charge in [-0.15, -0.1) is 10.2 Å². The van der Waals surface area contributed by atoms with E-state index in [4.69, 9.17) is 16.3 Å². The molecule has 1 N–H and O–H groups in total. The number of rotatable bonds is 5. The minimum absolute atomic E-state index is 0.0597. The molecule has 134 valence electrons. The number of aryl methyl sites for hydroxylation is 1. The first kappa shape index (κ1) is 18.1. The molecule has 0 radical (unpaired) electrons. The van der Waals surface area contributed by atoms with E-state index < -0.39 is 0 Å². The molecule has 1 atom stereocenters. The van der Waals surface area contributed by atoms with Crippen LogP contribution < -0.4 is 10.1 Å². The molecule has 1 saturated carbocycles. The largest absolute Gasteiger partial charge is 0.483 e. The van der Waals surface area contributed by atoms with Crippen molar-refractivity contribution in [1.82, 2.24) is 10.2 Å². The lowest BCUT2D eigenvalue weighted by molar-refractivity contribution is -0.120. The van der Waals surface area contributed by atoms with Gasteiger partial charge in [-0.2, -0.15) is 0 Å². The summed E-state index contributed by atoms with van der Waals surface area (Å²) in [5.74, 6) is 0.927. The molecule has 25 heavy (non-hydrogen) atoms. The molecule has 0 aliphatic heterocycles. The molecule has 1 amide bonds. The van der Waals surface area contributed by atoms with Crippen LogP contribution in [0.3, 0.4) is 0 Å². The highest BCUT2D eigenvalue weighted by Crippen LogP contribution is 2.30. The maximum atomic E-state index is 12.3. The Morgan fingerprint density at radius 3 is 2.80 bits per heavy atom. The van der Waals surface area contributed by atoms with Crippen LogP contribution in [0.2, 0.25) is 5.02 Å². The van der Waals surface area contributed by atoms with E-state index in [2.05, 4.69) is 15.5 Å². The van der Waals surface area contributed by atoms with Crippen molar-refractivity contribution in [1.29, 1.82) is 0 Å². The molecule has 1 fully saturated rings. The van der Waals surface area contributed by atoms with Crippen LogP contribution in [0.5, 0.6) is 5.75 Å². The predicted molar refractivity (Wildman–Crippen MR) is 100 cm³/mol. The van der Waals surface area contributed by atoms with Crippen LogP contribution in [0.1, 0.15) is 55.7 Å². The summed E-state index contributed by atoms with van der Waals surface area (Å²) in [5.41, 5.74) is 0.967. The summed E-state index contributed by atoms with van der Waals surface area (Å²) >= 11 is 7.33. The fourth-order valence-corrected chi connectivity index (χ4v) is 3.96. The van der Waals surface area contributed by atoms with Crippen molar-refractivity contribution in [2.75, 3.05) is 5.32 Å². The fourth-order valence-electron chi connectivity index (χ4n) is 3.01. The molecule has 7 heteroatoms. The third-order valence-electron chi connectivity index (χ3n) is 4.44. The summed E-state index contributed by atoms with van der Waals surface area (Å²) in [5, 5.41) is 13.1. The lowest BCUT2D eigenvalue weighted by Gasteiger charge is -2.19. The third kappa shape index (κ3) is 4.70. The van der Waals surface area contributed by atoms with Crippen molar-refractivity contribution in [3.8, 4) is 5.75 Å². The van der Waals surface area contributed by atoms with E-state index >= 15 is 0 Å². The van der Waals surface area contributed by atoms with Gasteiger partial charge in [-0.3, -0.25) is 4.79 Å². The first-order valence-electron chi connectivity index (χ1n) is 8.60. The average molecular weight is 380 g/mol. The summed E-state index contributed by atoms with van der Waals surface area (Å²) in [6.45, 7) is 3.87. The van der Waals surface area contributed by atoms with Gasteiger partial charge in [0.25, 0.3) is 0 Å². The number of nitrogens with zero attached hydrogens (tertiary/aromatic N) is 2. The summed E-state index contributed by atoms with van der Waals surface area (Å²) < 4.78 is 5.96. The molecule has 0 unspecified atom stereocenters. The molecular weight excluding hydrogens is 358 g/mol. The highest BCUT2D eigenvalue weighted by atomic mass is 35.5. The molecule has 0 bridgehead atoms. The zero-order chi connectivity index (χ0) is 17.8. The quantitative estimate of drug-likeness (QED) is 0.779. The highest BCUT2D eigenvalue weighted by Gasteiger charge is 2.23. The Morgan fingerprint density at radius 1 is 1.32 bits per heavy atom. The Morgan fingerprint density at radius 2 is 2.08 bits per heavy atom. The van der Waals surface area contributed by atoms with Crippen LogP contribution in [0.15, 0.2) is 18.2 Å². The number of anilines is 1. The Kier molecular flexibility index (Phi) is 5.91. The maximum Gasteiger partial charge on any atom is 0.229 e. The second-order valence-corrected chi connectivity index (χ2v) is 7.89. The number of hydrogen-bond donors (Lipinski definition) is 1. The zero-order valence-electron chi connectivity index (χ0n) is 14.4. The molecule has 1 aromatic carbocycles. The third-order valence-corrected chi connectivity index (χ3v) is 5.67. The van der Waals surface area contributed by atoms with E-state index in [1.54, 1.807) is 6.07 Å². The van der Waals surface area contributed by atoms with Gasteiger partial charge in [0.05, 0.1) is 0 Å². The molecule has 5 nitrogen and oxygen atoms in total. The van der Waals surface area contributed by atoms with Gasteiger partial charge in [0.1, 0.15) is 11.9 Å². The van der Waals surface area contributed by atoms with Gasteiger partial charge in [0, 0.05) is 10.9 Å². The number of benzene rings is 1. The molecule has 1 aromatic heterocycles. The maximum absolute atomic E-state index is 12.3. The van der Waals surface area contributed by atoms with E-state index in [0.29, 0.717) is 10.2 Å². The monoisotopic (exact) mass is 379 g/mol. The Labute approximate surface area is 156 Å². The van der Waals surface area contributed by atoms with Crippen LogP contribution in [0.25, 0.3) is 0 Å². The number of carbonyl (C=O) groups excluding carboxylic acids is 1. The number of halogens is 1. The first-order chi connectivity index (χ1) is 12.0. The fraction of sp³-hybridized carbons (Fsp3) is 0.500. The van der Waals surface area contributed by atoms with Gasteiger partial charge in [-0.1, -0.05) is 42.2 Å². The van der Waals surface area contributed by atoms with Gasteiger partial charge in [-0.25, -0.2) is 0 Å². The van der Waals surface area contributed by atoms with Gasteiger partial charge < -0.3 is 10.1 Å². The minimum Gasteiger partial charge on any atom is -0.483 e. The van der Waals surface area contributed by atoms with E-state index in [1.165, 1.54) is 17.8 Å². The molecule has 1 heterocycles. The number of nitrogens with one attached hydrogen (secondary N) is 1. The van der Waals surface area contributed by atoms with Crippen molar-refractivity contribution in [2.45, 2.75) is 52.1 Å². The molecule has 2 aromatic rings. The molecule has 1 aliphatic carbocycles. The molecule has 0 spiro atoms. The van der Waals surface area contributed by atoms with Crippen LogP contribution in [0.4, 0.5) is 5.13 Å². The van der Waals surface area contributed by atoms with Crippen LogP contribution >= 0.6 is 22.9 Å². The van der Waals surface area contributed by atoms with Crippen LogP contribution in [-0.2, 0) is 4.79 Å². The zero-order valence-corrected chi connectivity index (χ0v) is 16.0. The summed E-state index contributed by atoms with van der Waals surface area (Å²) in [7, 11) is 0. The topological polar surface area (TPSA) is 64.1 Å². The lowest BCUT2D eigenvalue weighted by atomic mass is 9.89. The number of carbonyl (C=O) groups is 1. The normalized spacial score (nSPS) is 16.4. The Balaban J connectivity index is 1.61. The van der Waals surface area contributed by atoms with Gasteiger partial charge in [0.15, 0.2) is 5.01 Å². The lowest BCUT2D eigenvalue weighted by Crippen LogP contribution is -2.24. The molecular formula is C18H22ClN3O2S. The van der Waals surface area contributed by atoms with E-state index in [-0.39, 0.29) is 17.9 Å². The SMILES string of the molecule is Cc1cc(Cl)ccc1O[C@@H](C)c1nnc(NC(=O)C2CCCCC2)s1. The standard InChI is InChI=1S/C18H22ClN3O2S/c1-11-10-14(19)8-9-15(11)24-12(2)17-21-22-18(25-17)20-16(23)13-6-4-3-5-7-13/h8-10,12-13H,3-7H2,1-2H3,(H,20,22,23)/t12-/m0/s1. The summed E-state index contributed by atoms with van der Waals surface area (Å²) in [6, 6.07) is 5.51. The minimum atomic E-state index is -0.252. The van der Waals surface area contributed by atoms with E-state index in [1.807, 2.05) is 26.0 Å². The summed E-state index contributed by atoms with van der Waals surface area (Å²) in [6.07, 6.45) is 5.17. The van der Waals surface area contributed by atoms with Crippen molar-refractivity contribution >= 4 is 34.0 Å². The van der Waals surface area contributed by atoms with Gasteiger partial charge in [0.2, 0.25) is 11.0 Å². The van der Waals surface area contributed by atoms with E-state index in [9.17, 15) is 4.79 Å². The van der Waals surface area contributed by atoms with Crippen molar-refractivity contribution < 1.29 is 9.53 Å². The van der Waals surface area contributed by atoms with Crippen molar-refractivity contribution in [3.63, 3.8) is 0 Å². The average Bonchev–Trinajstić information content (AvgIpc) is 3.07. The Bertz CT molecular complexity index is 744. The number of hydrogen-bond acceptors (Lipinski definition) is 5. The van der Waals surface area contributed by atoms with Crippen LogP contribution in [-0.4, -0.2) is 16.1 Å². The smallest absolute Gasteiger partial charge is 0.229 e. The molecule has 0 saturated heterocycles. The number of ether oxygens (including phenoxy) is 1. The molecule has 1 aliphatic rings. The van der Waals surface area contributed by atoms with Crippen molar-refractivity contribution in [2.24, 2.45) is 5.92 Å². The second kappa shape index (κ2) is 8.15. The summed E-state index contributed by atoms with van der Waals surface area (Å²) in [4.78, 5) is 12.3. The predicted octanol–water partition coefficient (Wildman–Crippen LogP) is 5.16. The Hall–Kier alpha value is -1.66. The van der Waals surface area contributed by atoms with E-state index in [0.717, 1.165) is 42.0 Å². The first-order valence-corrected chi connectivity index (χ1v) is 9.79.